The largest absolute Gasteiger partial charge is 0.491 e. The van der Waals surface area contributed by atoms with E-state index in [0.29, 0.717) is 57.1 Å². The standard InChI is InChI=1S/C42H60FN3O7/c1-41(2,3)52-39(49)26-34(35-24-32(27-44-28-35)10-9-30-11-14-36(15-12-30)51-23-19-43)25-37(47)33-8-7-20-46(29-33)38(48)16-13-31-17-21-45(22-18-31)40(50)53-42(4,5)6/h11-12,14-15,24,27-28,31,33-34H,7-10,13,16-23,25-26,29H2,1-6H3/t33-,34+/m1/s1. The molecule has 0 bridgehead atoms. The predicted molar refractivity (Wildman–Crippen MR) is 201 cm³/mol. The summed E-state index contributed by atoms with van der Waals surface area (Å²) in [5.74, 6) is 0.0455. The first-order valence-corrected chi connectivity index (χ1v) is 19.3. The first-order chi connectivity index (χ1) is 25.1. The van der Waals surface area contributed by atoms with Gasteiger partial charge in [-0.2, -0.15) is 0 Å². The summed E-state index contributed by atoms with van der Waals surface area (Å²) in [7, 11) is 0. The number of alkyl halides is 1. The van der Waals surface area contributed by atoms with Gasteiger partial charge in [0.25, 0.3) is 0 Å². The highest BCUT2D eigenvalue weighted by Crippen LogP contribution is 2.31. The van der Waals surface area contributed by atoms with E-state index < -0.39 is 23.8 Å². The molecule has 2 aliphatic rings. The molecule has 0 spiro atoms. The highest BCUT2D eigenvalue weighted by molar-refractivity contribution is 5.84. The molecule has 2 amide bonds. The molecule has 3 heterocycles. The summed E-state index contributed by atoms with van der Waals surface area (Å²) in [5.41, 5.74) is 1.73. The second kappa shape index (κ2) is 19.3. The molecular weight excluding hydrogens is 677 g/mol. The monoisotopic (exact) mass is 737 g/mol. The summed E-state index contributed by atoms with van der Waals surface area (Å²) in [6.45, 7) is 12.9. The van der Waals surface area contributed by atoms with Gasteiger partial charge in [-0.15, -0.1) is 0 Å². The van der Waals surface area contributed by atoms with Crippen LogP contribution in [0.4, 0.5) is 9.18 Å². The number of aryl methyl sites for hydroxylation is 2. The number of aromatic nitrogens is 1. The Morgan fingerprint density at radius 3 is 2.19 bits per heavy atom. The number of benzene rings is 1. The zero-order valence-electron chi connectivity index (χ0n) is 32.7. The van der Waals surface area contributed by atoms with E-state index in [2.05, 4.69) is 4.98 Å². The summed E-state index contributed by atoms with van der Waals surface area (Å²) >= 11 is 0. The average molecular weight is 738 g/mol. The summed E-state index contributed by atoms with van der Waals surface area (Å²) in [6.07, 6.45) is 9.27. The third kappa shape index (κ3) is 14.4. The lowest BCUT2D eigenvalue weighted by atomic mass is 9.84. The van der Waals surface area contributed by atoms with Gasteiger partial charge in [0.15, 0.2) is 0 Å². The van der Waals surface area contributed by atoms with Crippen LogP contribution < -0.4 is 4.74 Å². The lowest BCUT2D eigenvalue weighted by Gasteiger charge is -2.35. The Labute approximate surface area is 315 Å². The molecule has 2 saturated heterocycles. The second-order valence-corrected chi connectivity index (χ2v) is 16.6. The number of ether oxygens (including phenoxy) is 3. The number of pyridine rings is 1. The van der Waals surface area contributed by atoms with E-state index in [0.717, 1.165) is 48.8 Å². The number of rotatable bonds is 15. The molecule has 0 saturated carbocycles. The fourth-order valence-electron chi connectivity index (χ4n) is 7.05. The lowest BCUT2D eigenvalue weighted by Crippen LogP contribution is -2.43. The van der Waals surface area contributed by atoms with Crippen molar-refractivity contribution in [3.8, 4) is 5.75 Å². The Bertz CT molecular complexity index is 1510. The van der Waals surface area contributed by atoms with Gasteiger partial charge < -0.3 is 24.0 Å². The third-order valence-corrected chi connectivity index (χ3v) is 9.80. The fraction of sp³-hybridized carbons (Fsp3) is 0.643. The van der Waals surface area contributed by atoms with Crippen LogP contribution in [0.5, 0.6) is 5.75 Å². The van der Waals surface area contributed by atoms with Gasteiger partial charge >= 0.3 is 12.1 Å². The van der Waals surface area contributed by atoms with E-state index in [9.17, 15) is 23.6 Å². The lowest BCUT2D eigenvalue weighted by molar-refractivity contribution is -0.155. The Kier molecular flexibility index (Phi) is 15.2. The number of esters is 1. The molecule has 10 nitrogen and oxygen atoms in total. The van der Waals surface area contributed by atoms with Crippen molar-refractivity contribution in [2.45, 2.75) is 123 Å². The van der Waals surface area contributed by atoms with Crippen LogP contribution in [0.3, 0.4) is 0 Å². The maximum atomic E-state index is 13.9. The van der Waals surface area contributed by atoms with Gasteiger partial charge in [0.1, 0.15) is 36.0 Å². The smallest absolute Gasteiger partial charge is 0.410 e. The van der Waals surface area contributed by atoms with E-state index in [1.807, 2.05) is 83.0 Å². The van der Waals surface area contributed by atoms with Gasteiger partial charge in [-0.1, -0.05) is 18.2 Å². The SMILES string of the molecule is CC(C)(C)OC(=O)C[C@H](CC(=O)[C@@H]1CCCN(C(=O)CCC2CCN(C(=O)OC(C)(C)C)CC2)C1)c1cncc(CCc2ccc(OCCF)cc2)c1. The number of hydrogen-bond acceptors (Lipinski definition) is 8. The number of nitrogens with zero attached hydrogens (tertiary/aromatic N) is 3. The van der Waals surface area contributed by atoms with Gasteiger partial charge in [0, 0.05) is 63.3 Å². The van der Waals surface area contributed by atoms with E-state index >= 15 is 0 Å². The number of halogens is 1. The quantitative estimate of drug-likeness (QED) is 0.171. The minimum Gasteiger partial charge on any atom is -0.491 e. The molecule has 1 aromatic carbocycles. The molecule has 53 heavy (non-hydrogen) atoms. The Hall–Kier alpha value is -4.02. The topological polar surface area (TPSA) is 115 Å². The van der Waals surface area contributed by atoms with Crippen LogP contribution in [0.25, 0.3) is 0 Å². The Morgan fingerprint density at radius 1 is 0.849 bits per heavy atom. The molecule has 2 aromatic rings. The normalized spacial score (nSPS) is 17.6. The number of Topliss-reactive ketones (excluding diaryl/α,β-unsaturated/α-hetero) is 1. The minimum atomic E-state index is -0.655. The zero-order valence-corrected chi connectivity index (χ0v) is 32.7. The van der Waals surface area contributed by atoms with Crippen molar-refractivity contribution in [1.29, 1.82) is 0 Å². The van der Waals surface area contributed by atoms with Crippen LogP contribution in [-0.4, -0.2) is 89.2 Å². The van der Waals surface area contributed by atoms with Crippen LogP contribution in [0.2, 0.25) is 0 Å². The zero-order chi connectivity index (χ0) is 38.6. The molecular formula is C42H60FN3O7. The summed E-state index contributed by atoms with van der Waals surface area (Å²) in [5, 5.41) is 0. The van der Waals surface area contributed by atoms with Crippen molar-refractivity contribution in [2.24, 2.45) is 11.8 Å². The molecule has 0 N–H and O–H groups in total. The Morgan fingerprint density at radius 2 is 1.53 bits per heavy atom. The first kappa shape index (κ1) is 41.7. The van der Waals surface area contributed by atoms with Crippen molar-refractivity contribution < 1.29 is 37.8 Å². The maximum absolute atomic E-state index is 13.9. The molecule has 2 atom stereocenters. The van der Waals surface area contributed by atoms with Crippen molar-refractivity contribution in [2.75, 3.05) is 39.5 Å². The number of ketones is 1. The maximum Gasteiger partial charge on any atom is 0.410 e. The minimum absolute atomic E-state index is 0.0301. The highest BCUT2D eigenvalue weighted by atomic mass is 19.1. The average Bonchev–Trinajstić information content (AvgIpc) is 3.11. The van der Waals surface area contributed by atoms with Crippen LogP contribution in [0.1, 0.15) is 116 Å². The molecule has 1 aromatic heterocycles. The molecule has 292 valence electrons. The van der Waals surface area contributed by atoms with E-state index in [1.165, 1.54) is 0 Å². The van der Waals surface area contributed by atoms with Crippen LogP contribution in [0, 0.1) is 11.8 Å². The number of carbonyl (C=O) groups excluding carboxylic acids is 4. The van der Waals surface area contributed by atoms with Crippen molar-refractivity contribution in [3.63, 3.8) is 0 Å². The molecule has 11 heteroatoms. The molecule has 0 aliphatic carbocycles. The number of carbonyl (C=O) groups is 4. The Balaban J connectivity index is 1.33. The van der Waals surface area contributed by atoms with Crippen molar-refractivity contribution >= 4 is 23.8 Å². The molecule has 2 aliphatic heterocycles. The third-order valence-electron chi connectivity index (χ3n) is 9.80. The first-order valence-electron chi connectivity index (χ1n) is 19.3. The molecule has 0 unspecified atom stereocenters. The van der Waals surface area contributed by atoms with Gasteiger partial charge in [-0.05, 0) is 121 Å². The number of likely N-dealkylation sites (tertiary alicyclic amines) is 2. The molecule has 0 radical (unpaired) electrons. The molecule has 2 fully saturated rings. The second-order valence-electron chi connectivity index (χ2n) is 16.6. The van der Waals surface area contributed by atoms with Gasteiger partial charge in [-0.25, -0.2) is 9.18 Å². The summed E-state index contributed by atoms with van der Waals surface area (Å²) in [6, 6.07) is 9.63. The number of hydrogen-bond donors (Lipinski definition) is 0. The van der Waals surface area contributed by atoms with Gasteiger partial charge in [0.05, 0.1) is 6.42 Å². The van der Waals surface area contributed by atoms with Crippen molar-refractivity contribution in [1.82, 2.24) is 14.8 Å². The summed E-state index contributed by atoms with van der Waals surface area (Å²) in [4.78, 5) is 60.9. The highest BCUT2D eigenvalue weighted by Gasteiger charge is 2.33. The van der Waals surface area contributed by atoms with Gasteiger partial charge in [0.2, 0.25) is 5.91 Å². The fourth-order valence-corrected chi connectivity index (χ4v) is 7.05. The van der Waals surface area contributed by atoms with Crippen LogP contribution >= 0.6 is 0 Å². The number of amides is 2. The van der Waals surface area contributed by atoms with E-state index in [1.54, 1.807) is 11.1 Å². The number of piperidine rings is 2. The molecule has 4 rings (SSSR count). The summed E-state index contributed by atoms with van der Waals surface area (Å²) < 4.78 is 29.0. The van der Waals surface area contributed by atoms with Crippen LogP contribution in [0.15, 0.2) is 42.7 Å². The van der Waals surface area contributed by atoms with Crippen molar-refractivity contribution in [3.05, 3.63) is 59.4 Å². The van der Waals surface area contributed by atoms with E-state index in [-0.39, 0.29) is 49.1 Å². The van der Waals surface area contributed by atoms with E-state index in [4.69, 9.17) is 14.2 Å². The van der Waals surface area contributed by atoms with Gasteiger partial charge in [-0.3, -0.25) is 19.4 Å². The predicted octanol–water partition coefficient (Wildman–Crippen LogP) is 7.66. The van der Waals surface area contributed by atoms with Crippen LogP contribution in [-0.2, 0) is 36.7 Å².